The van der Waals surface area contributed by atoms with E-state index in [2.05, 4.69) is 20.3 Å². The van der Waals surface area contributed by atoms with Crippen LogP contribution in [0.25, 0.3) is 11.4 Å². The average Bonchev–Trinajstić information content (AvgIpc) is 2.72. The van der Waals surface area contributed by atoms with Crippen molar-refractivity contribution in [1.82, 2.24) is 20.3 Å². The van der Waals surface area contributed by atoms with Crippen molar-refractivity contribution in [3.63, 3.8) is 0 Å². The van der Waals surface area contributed by atoms with Gasteiger partial charge in [-0.15, -0.1) is 0 Å². The minimum atomic E-state index is -0.207. The van der Waals surface area contributed by atoms with Crippen LogP contribution in [0.3, 0.4) is 0 Å². The molecule has 0 aromatic carbocycles. The molecule has 0 saturated heterocycles. The summed E-state index contributed by atoms with van der Waals surface area (Å²) in [7, 11) is 0. The van der Waals surface area contributed by atoms with Crippen LogP contribution >= 0.6 is 0 Å². The predicted molar refractivity (Wildman–Crippen MR) is 109 cm³/mol. The highest BCUT2D eigenvalue weighted by Crippen LogP contribution is 2.26. The Labute approximate surface area is 165 Å². The van der Waals surface area contributed by atoms with Gasteiger partial charge in [-0.25, -0.2) is 4.98 Å². The smallest absolute Gasteiger partial charge is 0.254 e. The molecule has 1 amide bonds. The van der Waals surface area contributed by atoms with Gasteiger partial charge in [-0.3, -0.25) is 14.6 Å². The van der Waals surface area contributed by atoms with E-state index in [0.717, 1.165) is 18.4 Å². The zero-order valence-electron chi connectivity index (χ0n) is 16.4. The molecule has 1 fully saturated rings. The van der Waals surface area contributed by atoms with E-state index in [-0.39, 0.29) is 23.9 Å². The number of aromatic nitrogens is 3. The number of hydrogen-bond acceptors (Lipinski definition) is 5. The lowest BCUT2D eigenvalue weighted by Crippen LogP contribution is -2.46. The highest BCUT2D eigenvalue weighted by molar-refractivity contribution is 5.76. The van der Waals surface area contributed by atoms with Crippen LogP contribution in [-0.2, 0) is 11.2 Å². The highest BCUT2D eigenvalue weighted by Gasteiger charge is 2.24. The molecule has 1 atom stereocenters. The van der Waals surface area contributed by atoms with E-state index in [1.165, 1.54) is 19.3 Å². The topological polar surface area (TPSA) is 114 Å². The molecule has 3 rings (SSSR count). The summed E-state index contributed by atoms with van der Waals surface area (Å²) in [5.74, 6) is 0.897. The Bertz CT molecular complexity index is 844. The number of nitrogens with two attached hydrogens (primary N) is 1. The van der Waals surface area contributed by atoms with Crippen LogP contribution in [0.2, 0.25) is 0 Å². The minimum Gasteiger partial charge on any atom is -0.352 e. The van der Waals surface area contributed by atoms with Crippen LogP contribution in [0.1, 0.15) is 49.8 Å². The van der Waals surface area contributed by atoms with Gasteiger partial charge in [0.2, 0.25) is 5.91 Å². The van der Waals surface area contributed by atoms with E-state index in [4.69, 9.17) is 5.73 Å². The average molecular weight is 383 g/mol. The number of aromatic amines is 1. The third-order valence-electron chi connectivity index (χ3n) is 5.58. The number of nitrogens with zero attached hydrogens (tertiary/aromatic N) is 2. The van der Waals surface area contributed by atoms with E-state index >= 15 is 0 Å². The second kappa shape index (κ2) is 9.59. The molecule has 7 nitrogen and oxygen atoms in total. The molecule has 4 N–H and O–H groups in total. The fourth-order valence-electron chi connectivity index (χ4n) is 3.97. The van der Waals surface area contributed by atoms with Gasteiger partial charge in [-0.1, -0.05) is 19.3 Å². The molecular formula is C21H29N5O2. The molecule has 28 heavy (non-hydrogen) atoms. The summed E-state index contributed by atoms with van der Waals surface area (Å²) < 4.78 is 0. The van der Waals surface area contributed by atoms with Crippen LogP contribution in [0.5, 0.6) is 0 Å². The Morgan fingerprint density at radius 1 is 1.36 bits per heavy atom. The van der Waals surface area contributed by atoms with Gasteiger partial charge in [0.1, 0.15) is 5.82 Å². The Morgan fingerprint density at radius 3 is 2.79 bits per heavy atom. The number of carbonyl (C=O) groups excluding carboxylic acids is 1. The van der Waals surface area contributed by atoms with Gasteiger partial charge >= 0.3 is 0 Å². The standard InChI is InChI=1S/C21H29N5O2/c1-14-17(21(28)26-20(24-14)16-8-5-11-23-13-16)9-10-19(27)25-18(12-22)15-6-3-2-4-7-15/h5,8,11,13,15,18H,2-4,6-7,9-10,12,22H2,1H3,(H,25,27)(H,24,26,28). The SMILES string of the molecule is Cc1nc(-c2cccnc2)[nH]c(=O)c1CCC(=O)NC(CN)C1CCCCC1. The first-order chi connectivity index (χ1) is 13.6. The van der Waals surface area contributed by atoms with Gasteiger partial charge in [0.15, 0.2) is 0 Å². The van der Waals surface area contributed by atoms with Crippen molar-refractivity contribution >= 4 is 5.91 Å². The number of rotatable bonds is 7. The summed E-state index contributed by atoms with van der Waals surface area (Å²) in [5, 5.41) is 3.08. The summed E-state index contributed by atoms with van der Waals surface area (Å²) in [6.45, 7) is 2.25. The maximum Gasteiger partial charge on any atom is 0.254 e. The monoisotopic (exact) mass is 383 g/mol. The zero-order valence-corrected chi connectivity index (χ0v) is 16.4. The number of H-pyrrole nitrogens is 1. The first kappa shape index (κ1) is 20.2. The van der Waals surface area contributed by atoms with E-state index < -0.39 is 0 Å². The Kier molecular flexibility index (Phi) is 6.92. The van der Waals surface area contributed by atoms with E-state index in [1.54, 1.807) is 25.4 Å². The number of nitrogens with one attached hydrogen (secondary N) is 2. The van der Waals surface area contributed by atoms with Gasteiger partial charge in [0.25, 0.3) is 5.56 Å². The fourth-order valence-corrected chi connectivity index (χ4v) is 3.97. The summed E-state index contributed by atoms with van der Waals surface area (Å²) >= 11 is 0. The van der Waals surface area contributed by atoms with Crippen molar-refractivity contribution in [2.45, 2.75) is 57.9 Å². The summed E-state index contributed by atoms with van der Waals surface area (Å²) in [6, 6.07) is 3.66. The molecule has 2 aromatic rings. The third-order valence-corrected chi connectivity index (χ3v) is 5.58. The van der Waals surface area contributed by atoms with E-state index in [0.29, 0.717) is 36.0 Å². The molecule has 2 aromatic heterocycles. The van der Waals surface area contributed by atoms with Crippen LogP contribution in [0.4, 0.5) is 0 Å². The summed E-state index contributed by atoms with van der Waals surface area (Å²) in [6.07, 6.45) is 9.87. The van der Waals surface area contributed by atoms with Crippen LogP contribution in [0, 0.1) is 12.8 Å². The maximum absolute atomic E-state index is 12.5. The quantitative estimate of drug-likeness (QED) is 0.677. The van der Waals surface area contributed by atoms with Gasteiger partial charge in [-0.05, 0) is 44.2 Å². The van der Waals surface area contributed by atoms with E-state index in [1.807, 2.05) is 6.07 Å². The molecule has 2 heterocycles. The molecule has 1 unspecified atom stereocenters. The Hall–Kier alpha value is -2.54. The lowest BCUT2D eigenvalue weighted by molar-refractivity contribution is -0.122. The lowest BCUT2D eigenvalue weighted by Gasteiger charge is -2.30. The summed E-state index contributed by atoms with van der Waals surface area (Å²) in [4.78, 5) is 36.3. The number of amides is 1. The third kappa shape index (κ3) is 5.04. The minimum absolute atomic E-state index is 0.0262. The lowest BCUT2D eigenvalue weighted by atomic mass is 9.84. The molecule has 1 aliphatic rings. The Balaban J connectivity index is 1.62. The maximum atomic E-state index is 12.5. The molecule has 0 radical (unpaired) electrons. The van der Waals surface area contributed by atoms with Gasteiger partial charge in [0, 0.05) is 48.2 Å². The zero-order chi connectivity index (χ0) is 19.9. The predicted octanol–water partition coefficient (Wildman–Crippen LogP) is 2.10. The molecule has 1 aliphatic carbocycles. The Morgan fingerprint density at radius 2 is 2.14 bits per heavy atom. The van der Waals surface area contributed by atoms with Crippen LogP contribution in [0.15, 0.2) is 29.3 Å². The number of carbonyl (C=O) groups is 1. The fraction of sp³-hybridized carbons (Fsp3) is 0.524. The van der Waals surface area contributed by atoms with E-state index in [9.17, 15) is 9.59 Å². The second-order valence-corrected chi connectivity index (χ2v) is 7.53. The van der Waals surface area contributed by atoms with Gasteiger partial charge in [0.05, 0.1) is 0 Å². The molecule has 0 aliphatic heterocycles. The normalized spacial score (nSPS) is 15.9. The van der Waals surface area contributed by atoms with Gasteiger partial charge in [-0.2, -0.15) is 0 Å². The van der Waals surface area contributed by atoms with Crippen molar-refractivity contribution in [2.75, 3.05) is 6.54 Å². The number of pyridine rings is 1. The first-order valence-electron chi connectivity index (χ1n) is 10.1. The molecule has 0 spiro atoms. The van der Waals surface area contributed by atoms with Gasteiger partial charge < -0.3 is 16.0 Å². The highest BCUT2D eigenvalue weighted by atomic mass is 16.1. The van der Waals surface area contributed by atoms with Crippen molar-refractivity contribution in [3.8, 4) is 11.4 Å². The van der Waals surface area contributed by atoms with Crippen molar-refractivity contribution in [3.05, 3.63) is 46.1 Å². The van der Waals surface area contributed by atoms with Crippen LogP contribution in [-0.4, -0.2) is 33.4 Å². The molecule has 0 bridgehead atoms. The van der Waals surface area contributed by atoms with Crippen LogP contribution < -0.4 is 16.6 Å². The van der Waals surface area contributed by atoms with Crippen molar-refractivity contribution < 1.29 is 4.79 Å². The van der Waals surface area contributed by atoms with Crippen molar-refractivity contribution in [1.29, 1.82) is 0 Å². The molecule has 150 valence electrons. The summed E-state index contributed by atoms with van der Waals surface area (Å²) in [5.41, 5.74) is 7.63. The molecular weight excluding hydrogens is 354 g/mol. The number of aryl methyl sites for hydroxylation is 1. The molecule has 7 heteroatoms. The molecule has 1 saturated carbocycles. The van der Waals surface area contributed by atoms with Crippen molar-refractivity contribution in [2.24, 2.45) is 11.7 Å². The largest absolute Gasteiger partial charge is 0.352 e. The number of hydrogen-bond donors (Lipinski definition) is 3. The second-order valence-electron chi connectivity index (χ2n) is 7.53. The first-order valence-corrected chi connectivity index (χ1v) is 10.1.